The highest BCUT2D eigenvalue weighted by atomic mass is 79.9. The average Bonchev–Trinajstić information content (AvgIpc) is 2.61. The molecule has 0 atom stereocenters. The van der Waals surface area contributed by atoms with Crippen LogP contribution in [0.2, 0.25) is 0 Å². The fraction of sp³-hybridized carbons (Fsp3) is 0.778. The summed E-state index contributed by atoms with van der Waals surface area (Å²) in [5, 5.41) is 8.54. The Balaban J connectivity index is 2.30. The van der Waals surface area contributed by atoms with E-state index in [1.165, 1.54) is 0 Å². The highest BCUT2D eigenvalue weighted by Crippen LogP contribution is 1.95. The van der Waals surface area contributed by atoms with Crippen LogP contribution in [0.15, 0.2) is 6.33 Å². The van der Waals surface area contributed by atoms with Gasteiger partial charge in [-0.1, -0.05) is 22.9 Å². The van der Waals surface area contributed by atoms with Crippen LogP contribution >= 0.6 is 15.9 Å². The Bertz CT molecular complexity index is 249. The van der Waals surface area contributed by atoms with E-state index < -0.39 is 0 Å². The zero-order chi connectivity index (χ0) is 10.2. The zero-order valence-electron chi connectivity index (χ0n) is 8.54. The summed E-state index contributed by atoms with van der Waals surface area (Å²) in [4.78, 5) is 4.21. The van der Waals surface area contributed by atoms with Gasteiger partial charge in [-0.05, 0) is 19.4 Å². The predicted octanol–water partition coefficient (Wildman–Crippen LogP) is 1.56. The van der Waals surface area contributed by atoms with Crippen molar-refractivity contribution in [2.24, 2.45) is 0 Å². The normalized spacial score (nSPS) is 10.7. The van der Waals surface area contributed by atoms with E-state index in [1.54, 1.807) is 6.33 Å². The Hall–Kier alpha value is -0.420. The Labute approximate surface area is 93.2 Å². The molecule has 1 heterocycles. The van der Waals surface area contributed by atoms with Crippen molar-refractivity contribution in [3.63, 3.8) is 0 Å². The van der Waals surface area contributed by atoms with Crippen molar-refractivity contribution in [2.75, 3.05) is 11.9 Å². The van der Waals surface area contributed by atoms with Gasteiger partial charge in [-0.25, -0.2) is 9.67 Å². The summed E-state index contributed by atoms with van der Waals surface area (Å²) in [7, 11) is 0. The first kappa shape index (κ1) is 11.7. The van der Waals surface area contributed by atoms with Gasteiger partial charge in [0, 0.05) is 11.9 Å². The quantitative estimate of drug-likeness (QED) is 0.598. The van der Waals surface area contributed by atoms with Crippen LogP contribution in [0.3, 0.4) is 0 Å². The SMILES string of the molecule is CCCn1ncnc1CNCCCBr. The Morgan fingerprint density at radius 1 is 1.57 bits per heavy atom. The molecule has 0 bridgehead atoms. The molecule has 0 aliphatic rings. The monoisotopic (exact) mass is 260 g/mol. The number of hydrogen-bond donors (Lipinski definition) is 1. The minimum Gasteiger partial charge on any atom is -0.310 e. The number of hydrogen-bond acceptors (Lipinski definition) is 3. The fourth-order valence-corrected chi connectivity index (χ4v) is 1.50. The van der Waals surface area contributed by atoms with Crippen LogP contribution in [0.5, 0.6) is 0 Å². The first-order valence-electron chi connectivity index (χ1n) is 5.01. The number of alkyl halides is 1. The number of nitrogens with zero attached hydrogens (tertiary/aromatic N) is 3. The molecule has 80 valence electrons. The predicted molar refractivity (Wildman–Crippen MR) is 60.4 cm³/mol. The molecular weight excluding hydrogens is 244 g/mol. The van der Waals surface area contributed by atoms with E-state index >= 15 is 0 Å². The van der Waals surface area contributed by atoms with E-state index in [0.717, 1.165) is 43.6 Å². The number of nitrogens with one attached hydrogen (secondary N) is 1. The van der Waals surface area contributed by atoms with Crippen LogP contribution in [-0.2, 0) is 13.1 Å². The molecular formula is C9H17BrN4. The van der Waals surface area contributed by atoms with Crippen molar-refractivity contribution < 1.29 is 0 Å². The topological polar surface area (TPSA) is 42.7 Å². The molecule has 0 saturated heterocycles. The maximum Gasteiger partial charge on any atom is 0.140 e. The fourth-order valence-electron chi connectivity index (χ4n) is 1.22. The van der Waals surface area contributed by atoms with Crippen molar-refractivity contribution in [2.45, 2.75) is 32.9 Å². The highest BCUT2D eigenvalue weighted by molar-refractivity contribution is 9.09. The van der Waals surface area contributed by atoms with Gasteiger partial charge in [0.1, 0.15) is 12.2 Å². The van der Waals surface area contributed by atoms with Gasteiger partial charge in [0.25, 0.3) is 0 Å². The van der Waals surface area contributed by atoms with Crippen LogP contribution in [0.4, 0.5) is 0 Å². The number of halogens is 1. The second-order valence-corrected chi connectivity index (χ2v) is 3.91. The lowest BCUT2D eigenvalue weighted by Gasteiger charge is -2.05. The summed E-state index contributed by atoms with van der Waals surface area (Å²) in [5.74, 6) is 1.03. The molecule has 1 N–H and O–H groups in total. The first-order chi connectivity index (χ1) is 6.88. The third-order valence-corrected chi connectivity index (χ3v) is 2.46. The summed E-state index contributed by atoms with van der Waals surface area (Å²) >= 11 is 3.39. The number of rotatable bonds is 7. The lowest BCUT2D eigenvalue weighted by molar-refractivity contribution is 0.542. The van der Waals surface area contributed by atoms with E-state index in [2.05, 4.69) is 38.3 Å². The van der Waals surface area contributed by atoms with E-state index in [9.17, 15) is 0 Å². The molecule has 0 aromatic carbocycles. The third-order valence-electron chi connectivity index (χ3n) is 1.90. The molecule has 0 unspecified atom stereocenters. The standard InChI is InChI=1S/C9H17BrN4/c1-2-6-14-9(12-8-13-14)7-11-5-3-4-10/h8,11H,2-7H2,1H3. The summed E-state index contributed by atoms with van der Waals surface area (Å²) in [6, 6.07) is 0. The zero-order valence-corrected chi connectivity index (χ0v) is 10.1. The van der Waals surface area contributed by atoms with Crippen molar-refractivity contribution >= 4 is 15.9 Å². The van der Waals surface area contributed by atoms with Gasteiger partial charge >= 0.3 is 0 Å². The molecule has 0 aliphatic carbocycles. The number of aryl methyl sites for hydroxylation is 1. The molecule has 0 radical (unpaired) electrons. The third kappa shape index (κ3) is 3.75. The van der Waals surface area contributed by atoms with Crippen LogP contribution < -0.4 is 5.32 Å². The van der Waals surface area contributed by atoms with Crippen LogP contribution in [0.1, 0.15) is 25.6 Å². The second-order valence-electron chi connectivity index (χ2n) is 3.12. The molecule has 0 saturated carbocycles. The van der Waals surface area contributed by atoms with Gasteiger partial charge in [-0.15, -0.1) is 0 Å². The van der Waals surface area contributed by atoms with Crippen LogP contribution in [-0.4, -0.2) is 26.6 Å². The molecule has 1 rings (SSSR count). The van der Waals surface area contributed by atoms with Crippen molar-refractivity contribution in [1.29, 1.82) is 0 Å². The molecule has 0 amide bonds. The van der Waals surface area contributed by atoms with E-state index in [1.807, 2.05) is 4.68 Å². The van der Waals surface area contributed by atoms with Gasteiger partial charge in [-0.2, -0.15) is 5.10 Å². The lowest BCUT2D eigenvalue weighted by Crippen LogP contribution is -2.19. The lowest BCUT2D eigenvalue weighted by atomic mass is 10.4. The Kier molecular flexibility index (Phi) is 5.78. The summed E-state index contributed by atoms with van der Waals surface area (Å²) in [6.45, 7) is 4.93. The molecule has 1 aromatic heterocycles. The molecule has 14 heavy (non-hydrogen) atoms. The van der Waals surface area contributed by atoms with E-state index in [-0.39, 0.29) is 0 Å². The smallest absolute Gasteiger partial charge is 0.140 e. The minimum absolute atomic E-state index is 0.812. The number of aromatic nitrogens is 3. The van der Waals surface area contributed by atoms with Crippen LogP contribution in [0, 0.1) is 0 Å². The molecule has 5 heteroatoms. The first-order valence-corrected chi connectivity index (χ1v) is 6.14. The van der Waals surface area contributed by atoms with Gasteiger partial charge < -0.3 is 5.32 Å². The largest absolute Gasteiger partial charge is 0.310 e. The Morgan fingerprint density at radius 3 is 3.14 bits per heavy atom. The van der Waals surface area contributed by atoms with Gasteiger partial charge in [0.05, 0.1) is 6.54 Å². The van der Waals surface area contributed by atoms with Gasteiger partial charge in [0.2, 0.25) is 0 Å². The van der Waals surface area contributed by atoms with Crippen molar-refractivity contribution in [3.05, 3.63) is 12.2 Å². The maximum absolute atomic E-state index is 4.21. The molecule has 0 spiro atoms. The maximum atomic E-state index is 4.21. The van der Waals surface area contributed by atoms with E-state index in [0.29, 0.717) is 0 Å². The summed E-state index contributed by atoms with van der Waals surface area (Å²) < 4.78 is 1.96. The summed E-state index contributed by atoms with van der Waals surface area (Å²) in [5.41, 5.74) is 0. The minimum atomic E-state index is 0.812. The molecule has 0 fully saturated rings. The second kappa shape index (κ2) is 6.95. The van der Waals surface area contributed by atoms with Crippen molar-refractivity contribution in [1.82, 2.24) is 20.1 Å². The van der Waals surface area contributed by atoms with Gasteiger partial charge in [0.15, 0.2) is 0 Å². The van der Waals surface area contributed by atoms with Crippen LogP contribution in [0.25, 0.3) is 0 Å². The molecule has 4 nitrogen and oxygen atoms in total. The highest BCUT2D eigenvalue weighted by Gasteiger charge is 2.01. The van der Waals surface area contributed by atoms with Gasteiger partial charge in [-0.3, -0.25) is 0 Å². The summed E-state index contributed by atoms with van der Waals surface area (Å²) in [6.07, 6.45) is 3.86. The molecule has 0 aliphatic heterocycles. The average molecular weight is 261 g/mol. The van der Waals surface area contributed by atoms with E-state index in [4.69, 9.17) is 0 Å². The Morgan fingerprint density at radius 2 is 2.43 bits per heavy atom. The van der Waals surface area contributed by atoms with Crippen molar-refractivity contribution in [3.8, 4) is 0 Å². The molecule has 1 aromatic rings.